The highest BCUT2D eigenvalue weighted by atomic mass is 35.5. The highest BCUT2D eigenvalue weighted by Crippen LogP contribution is 2.35. The Morgan fingerprint density at radius 1 is 0.977 bits per heavy atom. The average molecular weight is 625 g/mol. The van der Waals surface area contributed by atoms with Gasteiger partial charge >= 0.3 is 11.9 Å². The van der Waals surface area contributed by atoms with Gasteiger partial charge in [0.25, 0.3) is 5.56 Å². The van der Waals surface area contributed by atoms with Gasteiger partial charge < -0.3 is 13.9 Å². The molecule has 1 aliphatic heterocycles. The number of halogens is 1. The van der Waals surface area contributed by atoms with Crippen molar-refractivity contribution < 1.29 is 23.5 Å². The number of carbonyl (C=O) groups excluding carboxylic acids is 2. The molecule has 3 aromatic carbocycles. The lowest BCUT2D eigenvalue weighted by Gasteiger charge is -2.25. The molecule has 5 aromatic rings. The van der Waals surface area contributed by atoms with Gasteiger partial charge in [-0.15, -0.1) is 0 Å². The molecule has 0 saturated heterocycles. The molecular formula is C34H25ClN2O6S. The summed E-state index contributed by atoms with van der Waals surface area (Å²) >= 11 is 7.38. The third-order valence-electron chi connectivity index (χ3n) is 7.06. The Morgan fingerprint density at radius 3 is 2.43 bits per heavy atom. The van der Waals surface area contributed by atoms with Crippen molar-refractivity contribution in [3.05, 3.63) is 144 Å². The minimum atomic E-state index is -0.820. The van der Waals surface area contributed by atoms with Crippen LogP contribution in [-0.2, 0) is 14.3 Å². The van der Waals surface area contributed by atoms with Crippen LogP contribution in [0.4, 0.5) is 0 Å². The van der Waals surface area contributed by atoms with Gasteiger partial charge in [-0.3, -0.25) is 9.36 Å². The first-order valence-corrected chi connectivity index (χ1v) is 14.9. The van der Waals surface area contributed by atoms with E-state index >= 15 is 0 Å². The Hall–Kier alpha value is -4.99. The van der Waals surface area contributed by atoms with Crippen LogP contribution in [0.15, 0.2) is 111 Å². The summed E-state index contributed by atoms with van der Waals surface area (Å²) in [5.41, 5.74) is 2.64. The van der Waals surface area contributed by atoms with Crippen molar-refractivity contribution in [1.29, 1.82) is 0 Å². The fourth-order valence-electron chi connectivity index (χ4n) is 5.09. The molecular weight excluding hydrogens is 600 g/mol. The van der Waals surface area contributed by atoms with Crippen LogP contribution in [0.5, 0.6) is 0 Å². The Balaban J connectivity index is 1.54. The molecule has 44 heavy (non-hydrogen) atoms. The molecule has 0 amide bonds. The van der Waals surface area contributed by atoms with E-state index in [9.17, 15) is 14.4 Å². The van der Waals surface area contributed by atoms with Crippen LogP contribution in [-0.4, -0.2) is 30.2 Å². The maximum absolute atomic E-state index is 14.1. The maximum atomic E-state index is 14.1. The van der Waals surface area contributed by atoms with Crippen LogP contribution >= 0.6 is 22.9 Å². The van der Waals surface area contributed by atoms with E-state index in [4.69, 9.17) is 30.5 Å². The number of furan rings is 1. The van der Waals surface area contributed by atoms with E-state index in [0.29, 0.717) is 53.8 Å². The monoisotopic (exact) mass is 624 g/mol. The van der Waals surface area contributed by atoms with E-state index in [1.54, 1.807) is 73.7 Å². The smallest absolute Gasteiger partial charge is 0.338 e. The van der Waals surface area contributed by atoms with E-state index < -0.39 is 18.0 Å². The van der Waals surface area contributed by atoms with Crippen molar-refractivity contribution in [2.45, 2.75) is 13.0 Å². The van der Waals surface area contributed by atoms with E-state index in [2.05, 4.69) is 0 Å². The molecule has 1 atom stereocenters. The van der Waals surface area contributed by atoms with E-state index in [-0.39, 0.29) is 17.7 Å². The first-order valence-electron chi connectivity index (χ1n) is 13.7. The SMILES string of the molecule is CCOC(=O)C1=C(c2ccccc2)N=c2s/c(=C/c3ccc(-c4ccccc4C(=O)OC)o3)c(=O)n2[C@H]1c1ccc(Cl)cc1. The largest absolute Gasteiger partial charge is 0.465 e. The summed E-state index contributed by atoms with van der Waals surface area (Å²) in [4.78, 5) is 45.2. The molecule has 0 radical (unpaired) electrons. The van der Waals surface area contributed by atoms with Gasteiger partial charge in [0.15, 0.2) is 4.80 Å². The van der Waals surface area contributed by atoms with Crippen molar-refractivity contribution in [2.75, 3.05) is 13.7 Å². The predicted molar refractivity (Wildman–Crippen MR) is 168 cm³/mol. The topological polar surface area (TPSA) is 100 Å². The fourth-order valence-corrected chi connectivity index (χ4v) is 6.20. The first-order chi connectivity index (χ1) is 21.4. The summed E-state index contributed by atoms with van der Waals surface area (Å²) in [5.74, 6) is -0.203. The lowest BCUT2D eigenvalue weighted by Crippen LogP contribution is -2.39. The van der Waals surface area contributed by atoms with Gasteiger partial charge in [0.2, 0.25) is 0 Å². The predicted octanol–water partition coefficient (Wildman–Crippen LogP) is 5.64. The number of esters is 2. The molecule has 0 unspecified atom stereocenters. The molecule has 220 valence electrons. The second-order valence-electron chi connectivity index (χ2n) is 9.72. The number of ether oxygens (including phenoxy) is 2. The summed E-state index contributed by atoms with van der Waals surface area (Å²) in [5, 5.41) is 0.522. The number of aromatic nitrogens is 1. The van der Waals surface area contributed by atoms with Crippen LogP contribution < -0.4 is 14.9 Å². The number of hydrogen-bond donors (Lipinski definition) is 0. The molecule has 2 aromatic heterocycles. The summed E-state index contributed by atoms with van der Waals surface area (Å²) < 4.78 is 18.3. The fraction of sp³-hybridized carbons (Fsp3) is 0.118. The van der Waals surface area contributed by atoms with Crippen molar-refractivity contribution in [1.82, 2.24) is 4.57 Å². The van der Waals surface area contributed by atoms with Gasteiger partial charge in [0, 0.05) is 22.2 Å². The minimum absolute atomic E-state index is 0.155. The Morgan fingerprint density at radius 2 is 1.70 bits per heavy atom. The number of rotatable bonds is 7. The van der Waals surface area contributed by atoms with E-state index in [0.717, 1.165) is 0 Å². The van der Waals surface area contributed by atoms with Gasteiger partial charge in [0.1, 0.15) is 11.5 Å². The number of fused-ring (bicyclic) bond motifs is 1. The zero-order valence-corrected chi connectivity index (χ0v) is 25.2. The minimum Gasteiger partial charge on any atom is -0.465 e. The number of methoxy groups -OCH3 is 1. The molecule has 0 saturated carbocycles. The normalized spacial score (nSPS) is 14.6. The molecule has 6 rings (SSSR count). The van der Waals surface area contributed by atoms with Crippen molar-refractivity contribution in [3.63, 3.8) is 0 Å². The molecule has 0 fully saturated rings. The molecule has 0 spiro atoms. The third-order valence-corrected chi connectivity index (χ3v) is 8.29. The Kier molecular flexibility index (Phi) is 8.15. The molecule has 3 heterocycles. The summed E-state index contributed by atoms with van der Waals surface area (Å²) in [6.07, 6.45) is 1.63. The van der Waals surface area contributed by atoms with E-state index in [1.165, 1.54) is 23.0 Å². The van der Waals surface area contributed by atoms with Gasteiger partial charge in [-0.25, -0.2) is 14.6 Å². The molecule has 0 aliphatic carbocycles. The zero-order chi connectivity index (χ0) is 30.8. The van der Waals surface area contributed by atoms with Crippen molar-refractivity contribution >= 4 is 46.6 Å². The lowest BCUT2D eigenvalue weighted by atomic mass is 9.93. The van der Waals surface area contributed by atoms with E-state index in [1.807, 2.05) is 30.3 Å². The van der Waals surface area contributed by atoms with Crippen LogP contribution in [0.3, 0.4) is 0 Å². The molecule has 0 bridgehead atoms. The third kappa shape index (κ3) is 5.43. The van der Waals surface area contributed by atoms with Crippen LogP contribution in [0.2, 0.25) is 5.02 Å². The summed E-state index contributed by atoms with van der Waals surface area (Å²) in [7, 11) is 1.32. The quantitative estimate of drug-likeness (QED) is 0.218. The number of thiazole rings is 1. The van der Waals surface area contributed by atoms with Gasteiger partial charge in [0.05, 0.1) is 41.1 Å². The Bertz CT molecular complexity index is 2090. The average Bonchev–Trinajstić information content (AvgIpc) is 3.64. The molecule has 1 aliphatic rings. The maximum Gasteiger partial charge on any atom is 0.338 e. The second kappa shape index (κ2) is 12.3. The number of hydrogen-bond acceptors (Lipinski definition) is 8. The molecule has 0 N–H and O–H groups in total. The van der Waals surface area contributed by atoms with Gasteiger partial charge in [-0.2, -0.15) is 0 Å². The van der Waals surface area contributed by atoms with Crippen LogP contribution in [0.1, 0.15) is 40.2 Å². The standard InChI is InChI=1S/C34H25ClN2O6S/c1-3-42-33(40)28-29(20-9-5-4-6-10-20)36-34-37(30(28)21-13-15-22(35)16-14-21)31(38)27(44-34)19-23-17-18-26(43-23)24-11-7-8-12-25(24)32(39)41-2/h4-19,30H,3H2,1-2H3/b27-19+/t30-/m0/s1. The second-order valence-corrected chi connectivity index (χ2v) is 11.2. The summed E-state index contributed by atoms with van der Waals surface area (Å²) in [6, 6.07) is 25.9. The lowest BCUT2D eigenvalue weighted by molar-refractivity contribution is -0.138. The zero-order valence-electron chi connectivity index (χ0n) is 23.7. The van der Waals surface area contributed by atoms with Gasteiger partial charge in [-0.05, 0) is 42.8 Å². The van der Waals surface area contributed by atoms with Crippen LogP contribution in [0, 0.1) is 0 Å². The first kappa shape index (κ1) is 29.1. The molecule has 10 heteroatoms. The highest BCUT2D eigenvalue weighted by Gasteiger charge is 2.35. The van der Waals surface area contributed by atoms with Crippen molar-refractivity contribution in [3.8, 4) is 11.3 Å². The highest BCUT2D eigenvalue weighted by molar-refractivity contribution is 7.07. The number of carbonyl (C=O) groups is 2. The van der Waals surface area contributed by atoms with Crippen molar-refractivity contribution in [2.24, 2.45) is 4.99 Å². The Labute approximate surface area is 260 Å². The van der Waals surface area contributed by atoms with Crippen LogP contribution in [0.25, 0.3) is 23.1 Å². The number of benzene rings is 3. The van der Waals surface area contributed by atoms with Gasteiger partial charge in [-0.1, -0.05) is 83.6 Å². The molecule has 8 nitrogen and oxygen atoms in total. The summed E-state index contributed by atoms with van der Waals surface area (Å²) in [6.45, 7) is 1.89. The number of nitrogens with zero attached hydrogens (tertiary/aromatic N) is 2.